The maximum Gasteiger partial charge on any atom is 0.354 e. The van der Waals surface area contributed by atoms with E-state index in [0.717, 1.165) is 6.42 Å². The second kappa shape index (κ2) is 5.22. The van der Waals surface area contributed by atoms with Crippen molar-refractivity contribution in [1.82, 2.24) is 4.98 Å². The molecule has 6 nitrogen and oxygen atoms in total. The summed E-state index contributed by atoms with van der Waals surface area (Å²) in [5.41, 5.74) is 6.25. The van der Waals surface area contributed by atoms with Gasteiger partial charge in [0.05, 0.1) is 12.3 Å². The topological polar surface area (TPSA) is 97.5 Å². The molecule has 0 aliphatic carbocycles. The first-order valence-electron chi connectivity index (χ1n) is 5.92. The lowest BCUT2D eigenvalue weighted by Gasteiger charge is -2.30. The van der Waals surface area contributed by atoms with Crippen molar-refractivity contribution in [3.05, 3.63) is 17.8 Å². The molecular formula is C12H17N3O3. The Hall–Kier alpha value is -1.82. The molecule has 1 aliphatic rings. The van der Waals surface area contributed by atoms with E-state index in [1.54, 1.807) is 6.07 Å². The third-order valence-electron chi connectivity index (χ3n) is 3.11. The van der Waals surface area contributed by atoms with Crippen molar-refractivity contribution in [3.63, 3.8) is 0 Å². The van der Waals surface area contributed by atoms with E-state index < -0.39 is 5.97 Å². The number of ether oxygens (including phenoxy) is 1. The SMILES string of the molecule is CC1COCCC1Nc1nc(C(=O)O)ccc1N. The molecular weight excluding hydrogens is 234 g/mol. The van der Waals surface area contributed by atoms with Gasteiger partial charge in [-0.25, -0.2) is 9.78 Å². The highest BCUT2D eigenvalue weighted by Gasteiger charge is 2.23. The van der Waals surface area contributed by atoms with Crippen molar-refractivity contribution in [1.29, 1.82) is 0 Å². The van der Waals surface area contributed by atoms with Crippen molar-refractivity contribution < 1.29 is 14.6 Å². The van der Waals surface area contributed by atoms with Crippen molar-refractivity contribution in [2.45, 2.75) is 19.4 Å². The van der Waals surface area contributed by atoms with E-state index in [2.05, 4.69) is 17.2 Å². The van der Waals surface area contributed by atoms with Crippen LogP contribution in [0.4, 0.5) is 11.5 Å². The lowest BCUT2D eigenvalue weighted by atomic mass is 9.98. The normalized spacial score (nSPS) is 23.6. The van der Waals surface area contributed by atoms with Crippen LogP contribution in [0.3, 0.4) is 0 Å². The molecule has 0 bridgehead atoms. The van der Waals surface area contributed by atoms with E-state index in [9.17, 15) is 4.79 Å². The first-order valence-corrected chi connectivity index (χ1v) is 5.92. The summed E-state index contributed by atoms with van der Waals surface area (Å²) in [6, 6.07) is 3.16. The van der Waals surface area contributed by atoms with Gasteiger partial charge in [0.25, 0.3) is 0 Å². The highest BCUT2D eigenvalue weighted by molar-refractivity contribution is 5.86. The molecule has 2 atom stereocenters. The van der Waals surface area contributed by atoms with Gasteiger partial charge >= 0.3 is 5.97 Å². The highest BCUT2D eigenvalue weighted by Crippen LogP contribution is 2.22. The molecule has 2 rings (SSSR count). The summed E-state index contributed by atoms with van der Waals surface area (Å²) in [4.78, 5) is 14.9. The van der Waals surface area contributed by atoms with Crippen LogP contribution in [-0.4, -0.2) is 35.3 Å². The van der Waals surface area contributed by atoms with Crippen molar-refractivity contribution in [2.24, 2.45) is 5.92 Å². The first kappa shape index (κ1) is 12.6. The zero-order valence-corrected chi connectivity index (χ0v) is 10.2. The standard InChI is InChI=1S/C12H17N3O3/c1-7-6-18-5-4-9(7)14-11-8(13)2-3-10(15-11)12(16)17/h2-3,7,9H,4-6,13H2,1H3,(H,14,15)(H,16,17). The van der Waals surface area contributed by atoms with Gasteiger partial charge in [-0.1, -0.05) is 6.92 Å². The Kier molecular flexibility index (Phi) is 3.66. The molecule has 1 aromatic rings. The van der Waals surface area contributed by atoms with Gasteiger partial charge in [-0.05, 0) is 24.5 Å². The molecule has 2 heterocycles. The number of nitrogens with zero attached hydrogens (tertiary/aromatic N) is 1. The molecule has 0 amide bonds. The zero-order valence-electron chi connectivity index (χ0n) is 10.2. The number of carboxylic acids is 1. The van der Waals surface area contributed by atoms with E-state index in [0.29, 0.717) is 30.6 Å². The fourth-order valence-electron chi connectivity index (χ4n) is 1.97. The molecule has 1 saturated heterocycles. The Bertz CT molecular complexity index is 450. The second-order valence-electron chi connectivity index (χ2n) is 4.53. The summed E-state index contributed by atoms with van der Waals surface area (Å²) in [6.07, 6.45) is 0.861. The maximum absolute atomic E-state index is 10.9. The predicted molar refractivity (Wildman–Crippen MR) is 67.6 cm³/mol. The highest BCUT2D eigenvalue weighted by atomic mass is 16.5. The van der Waals surface area contributed by atoms with Crippen LogP contribution in [0.15, 0.2) is 12.1 Å². The minimum absolute atomic E-state index is 0.00795. The number of carboxylic acid groups (broad SMARTS) is 1. The quantitative estimate of drug-likeness (QED) is 0.746. The summed E-state index contributed by atoms with van der Waals surface area (Å²) < 4.78 is 5.36. The lowest BCUT2D eigenvalue weighted by Crippen LogP contribution is -2.36. The minimum Gasteiger partial charge on any atom is -0.477 e. The van der Waals surface area contributed by atoms with Gasteiger partial charge < -0.3 is 20.9 Å². The summed E-state index contributed by atoms with van der Waals surface area (Å²) in [6.45, 7) is 3.46. The van der Waals surface area contributed by atoms with Gasteiger partial charge in [0.1, 0.15) is 5.82 Å². The number of aromatic carboxylic acids is 1. The number of nitrogens with two attached hydrogens (primary N) is 1. The number of anilines is 2. The molecule has 18 heavy (non-hydrogen) atoms. The van der Waals surface area contributed by atoms with Crippen LogP contribution in [0.5, 0.6) is 0 Å². The van der Waals surface area contributed by atoms with Gasteiger partial charge in [0.15, 0.2) is 5.69 Å². The van der Waals surface area contributed by atoms with E-state index in [4.69, 9.17) is 15.6 Å². The molecule has 0 aromatic carbocycles. The molecule has 2 unspecified atom stereocenters. The van der Waals surface area contributed by atoms with Crippen LogP contribution in [0.25, 0.3) is 0 Å². The van der Waals surface area contributed by atoms with Gasteiger partial charge in [0, 0.05) is 12.6 Å². The molecule has 0 radical (unpaired) electrons. The van der Waals surface area contributed by atoms with Crippen LogP contribution in [0.2, 0.25) is 0 Å². The Labute approximate surface area is 105 Å². The molecule has 98 valence electrons. The van der Waals surface area contributed by atoms with Crippen LogP contribution in [0.1, 0.15) is 23.8 Å². The summed E-state index contributed by atoms with van der Waals surface area (Å²) in [7, 11) is 0. The van der Waals surface area contributed by atoms with Crippen LogP contribution >= 0.6 is 0 Å². The fraction of sp³-hybridized carbons (Fsp3) is 0.500. The number of hydrogen-bond donors (Lipinski definition) is 3. The Morgan fingerprint density at radius 1 is 1.61 bits per heavy atom. The van der Waals surface area contributed by atoms with Gasteiger partial charge in [-0.3, -0.25) is 0 Å². The third-order valence-corrected chi connectivity index (χ3v) is 3.11. The number of nitrogens with one attached hydrogen (secondary N) is 1. The molecule has 1 fully saturated rings. The molecule has 0 saturated carbocycles. The third kappa shape index (κ3) is 2.70. The summed E-state index contributed by atoms with van der Waals surface area (Å²) >= 11 is 0. The molecule has 4 N–H and O–H groups in total. The molecule has 0 spiro atoms. The number of carbonyl (C=O) groups is 1. The monoisotopic (exact) mass is 251 g/mol. The Morgan fingerprint density at radius 2 is 2.39 bits per heavy atom. The fourth-order valence-corrected chi connectivity index (χ4v) is 1.97. The van der Waals surface area contributed by atoms with Crippen molar-refractivity contribution in [2.75, 3.05) is 24.3 Å². The van der Waals surface area contributed by atoms with E-state index in [1.807, 2.05) is 0 Å². The largest absolute Gasteiger partial charge is 0.477 e. The van der Waals surface area contributed by atoms with Crippen LogP contribution in [0, 0.1) is 5.92 Å². The summed E-state index contributed by atoms with van der Waals surface area (Å²) in [5, 5.41) is 12.1. The molecule has 1 aliphatic heterocycles. The Balaban J connectivity index is 2.17. The van der Waals surface area contributed by atoms with Crippen molar-refractivity contribution in [3.8, 4) is 0 Å². The number of nitrogen functional groups attached to an aromatic ring is 1. The molecule has 6 heteroatoms. The number of aromatic nitrogens is 1. The molecule has 1 aromatic heterocycles. The number of rotatable bonds is 3. The maximum atomic E-state index is 10.9. The summed E-state index contributed by atoms with van der Waals surface area (Å²) in [5.74, 6) is -0.278. The first-order chi connectivity index (χ1) is 8.58. The second-order valence-corrected chi connectivity index (χ2v) is 4.53. The van der Waals surface area contributed by atoms with Crippen LogP contribution in [-0.2, 0) is 4.74 Å². The average molecular weight is 251 g/mol. The Morgan fingerprint density at radius 3 is 3.06 bits per heavy atom. The van der Waals surface area contributed by atoms with Crippen LogP contribution < -0.4 is 11.1 Å². The van der Waals surface area contributed by atoms with E-state index >= 15 is 0 Å². The zero-order chi connectivity index (χ0) is 13.1. The number of pyridine rings is 1. The van der Waals surface area contributed by atoms with Gasteiger partial charge in [0.2, 0.25) is 0 Å². The van der Waals surface area contributed by atoms with Gasteiger partial charge in [-0.15, -0.1) is 0 Å². The van der Waals surface area contributed by atoms with Crippen molar-refractivity contribution >= 4 is 17.5 Å². The average Bonchev–Trinajstić information content (AvgIpc) is 2.34. The van der Waals surface area contributed by atoms with E-state index in [-0.39, 0.29) is 11.7 Å². The van der Waals surface area contributed by atoms with Gasteiger partial charge in [-0.2, -0.15) is 0 Å². The van der Waals surface area contributed by atoms with E-state index in [1.165, 1.54) is 6.07 Å². The number of hydrogen-bond acceptors (Lipinski definition) is 5. The minimum atomic E-state index is -1.06. The smallest absolute Gasteiger partial charge is 0.354 e. The predicted octanol–water partition coefficient (Wildman–Crippen LogP) is 1.20. The lowest BCUT2D eigenvalue weighted by molar-refractivity contribution is 0.0536.